The summed E-state index contributed by atoms with van der Waals surface area (Å²) in [6, 6.07) is 3.44. The fourth-order valence-corrected chi connectivity index (χ4v) is 2.69. The van der Waals surface area contributed by atoms with Gasteiger partial charge in [-0.05, 0) is 49.5 Å². The van der Waals surface area contributed by atoms with Gasteiger partial charge in [-0.1, -0.05) is 11.6 Å². The molecule has 0 spiro atoms. The minimum absolute atomic E-state index is 0.121. The summed E-state index contributed by atoms with van der Waals surface area (Å²) in [7, 11) is 2.99. The van der Waals surface area contributed by atoms with Gasteiger partial charge in [0.05, 0.1) is 19.2 Å². The molecule has 1 aliphatic carbocycles. The van der Waals surface area contributed by atoms with Crippen LogP contribution in [-0.2, 0) is 14.3 Å². The lowest BCUT2D eigenvalue weighted by atomic mass is 10.2. The maximum atomic E-state index is 11.7. The molecule has 1 saturated carbocycles. The van der Waals surface area contributed by atoms with Gasteiger partial charge in [-0.2, -0.15) is 0 Å². The summed E-state index contributed by atoms with van der Waals surface area (Å²) in [5.74, 6) is 0.520. The summed E-state index contributed by atoms with van der Waals surface area (Å²) in [4.78, 5) is 23.4. The van der Waals surface area contributed by atoms with Crippen LogP contribution < -0.4 is 14.8 Å². The quantitative estimate of drug-likeness (QED) is 0.565. The number of hydrogen-bond acceptors (Lipinski definition) is 5. The second-order valence-corrected chi connectivity index (χ2v) is 6.28. The van der Waals surface area contributed by atoms with Crippen molar-refractivity contribution in [3.05, 3.63) is 28.8 Å². The zero-order valence-electron chi connectivity index (χ0n) is 14.5. The van der Waals surface area contributed by atoms with E-state index in [9.17, 15) is 9.59 Å². The van der Waals surface area contributed by atoms with Crippen LogP contribution in [0.2, 0.25) is 5.02 Å². The smallest absolute Gasteiger partial charge is 0.331 e. The number of rotatable bonds is 8. The predicted molar refractivity (Wildman–Crippen MR) is 94.9 cm³/mol. The molecular weight excluding hydrogens is 346 g/mol. The number of amides is 1. The molecule has 1 aromatic carbocycles. The number of carbonyl (C=O) groups is 2. The first kappa shape index (κ1) is 19.1. The highest BCUT2D eigenvalue weighted by atomic mass is 35.5. The van der Waals surface area contributed by atoms with Crippen molar-refractivity contribution in [1.29, 1.82) is 0 Å². The van der Waals surface area contributed by atoms with E-state index in [4.69, 9.17) is 25.8 Å². The average Bonchev–Trinajstić information content (AvgIpc) is 3.42. The largest absolute Gasteiger partial charge is 0.493 e. The van der Waals surface area contributed by atoms with Crippen molar-refractivity contribution >= 4 is 29.6 Å². The molecule has 0 aliphatic heterocycles. The Morgan fingerprint density at radius 1 is 1.32 bits per heavy atom. The fraction of sp³-hybridized carbons (Fsp3) is 0.444. The van der Waals surface area contributed by atoms with Crippen molar-refractivity contribution in [3.63, 3.8) is 0 Å². The second-order valence-electron chi connectivity index (χ2n) is 5.87. The van der Waals surface area contributed by atoms with E-state index in [0.717, 1.165) is 12.8 Å². The molecule has 0 aromatic heterocycles. The Hall–Kier alpha value is -2.21. The number of methoxy groups -OCH3 is 2. The Morgan fingerprint density at radius 3 is 2.64 bits per heavy atom. The Labute approximate surface area is 152 Å². The van der Waals surface area contributed by atoms with Crippen LogP contribution in [0.4, 0.5) is 0 Å². The van der Waals surface area contributed by atoms with Crippen LogP contribution in [0.1, 0.15) is 25.3 Å². The van der Waals surface area contributed by atoms with E-state index in [0.29, 0.717) is 28.0 Å². The van der Waals surface area contributed by atoms with E-state index >= 15 is 0 Å². The van der Waals surface area contributed by atoms with Gasteiger partial charge in [0.2, 0.25) is 0 Å². The molecule has 0 radical (unpaired) electrons. The van der Waals surface area contributed by atoms with Gasteiger partial charge < -0.3 is 19.5 Å². The van der Waals surface area contributed by atoms with E-state index < -0.39 is 5.97 Å². The first-order valence-corrected chi connectivity index (χ1v) is 8.38. The highest BCUT2D eigenvalue weighted by molar-refractivity contribution is 6.32. The number of halogens is 1. The minimum atomic E-state index is -0.611. The number of nitrogens with one attached hydrogen (secondary N) is 1. The number of hydrogen-bond donors (Lipinski definition) is 1. The summed E-state index contributed by atoms with van der Waals surface area (Å²) in [6.07, 6.45) is 5.03. The zero-order chi connectivity index (χ0) is 18.4. The Balaban J connectivity index is 1.87. The lowest BCUT2D eigenvalue weighted by Gasteiger charge is -2.12. The van der Waals surface area contributed by atoms with Gasteiger partial charge in [0.25, 0.3) is 5.91 Å². The number of carbonyl (C=O) groups excluding carboxylic acids is 2. The lowest BCUT2D eigenvalue weighted by Crippen LogP contribution is -2.36. The predicted octanol–water partition coefficient (Wildman–Crippen LogP) is 2.83. The number of benzene rings is 1. The Bertz CT molecular complexity index is 670. The molecule has 1 fully saturated rings. The monoisotopic (exact) mass is 367 g/mol. The molecule has 1 aliphatic rings. The third-order valence-corrected chi connectivity index (χ3v) is 4.21. The topological polar surface area (TPSA) is 73.9 Å². The normalized spacial score (nSPS) is 14.9. The minimum Gasteiger partial charge on any atom is -0.493 e. The molecule has 0 unspecified atom stereocenters. The first-order valence-electron chi connectivity index (χ1n) is 8.00. The molecule has 1 amide bonds. The molecule has 1 atom stereocenters. The summed E-state index contributed by atoms with van der Waals surface area (Å²) >= 11 is 6.10. The van der Waals surface area contributed by atoms with Crippen LogP contribution in [0.3, 0.4) is 0 Å². The highest BCUT2D eigenvalue weighted by Crippen LogP contribution is 2.36. The van der Waals surface area contributed by atoms with E-state index in [1.54, 1.807) is 12.1 Å². The maximum Gasteiger partial charge on any atom is 0.331 e. The summed E-state index contributed by atoms with van der Waals surface area (Å²) in [6.45, 7) is 1.66. The molecular formula is C18H22ClNO5. The van der Waals surface area contributed by atoms with Crippen molar-refractivity contribution in [2.24, 2.45) is 5.92 Å². The fourth-order valence-electron chi connectivity index (χ4n) is 2.39. The lowest BCUT2D eigenvalue weighted by molar-refractivity contribution is -0.144. The van der Waals surface area contributed by atoms with Crippen molar-refractivity contribution in [3.8, 4) is 11.5 Å². The summed E-state index contributed by atoms with van der Waals surface area (Å²) in [5, 5.41) is 3.18. The summed E-state index contributed by atoms with van der Waals surface area (Å²) < 4.78 is 15.3. The molecule has 7 heteroatoms. The van der Waals surface area contributed by atoms with Crippen molar-refractivity contribution in [2.45, 2.75) is 25.8 Å². The molecule has 25 heavy (non-hydrogen) atoms. The van der Waals surface area contributed by atoms with Crippen LogP contribution in [-0.4, -0.2) is 38.7 Å². The first-order chi connectivity index (χ1) is 11.9. The van der Waals surface area contributed by atoms with Gasteiger partial charge >= 0.3 is 5.97 Å². The molecule has 0 saturated heterocycles. The van der Waals surface area contributed by atoms with E-state index in [1.165, 1.54) is 26.4 Å². The maximum absolute atomic E-state index is 11.7. The van der Waals surface area contributed by atoms with Crippen LogP contribution >= 0.6 is 11.6 Å². The van der Waals surface area contributed by atoms with Crippen molar-refractivity contribution < 1.29 is 23.8 Å². The number of esters is 1. The van der Waals surface area contributed by atoms with Crippen molar-refractivity contribution in [2.75, 3.05) is 20.8 Å². The van der Waals surface area contributed by atoms with Crippen LogP contribution in [0.25, 0.3) is 6.08 Å². The average molecular weight is 368 g/mol. The molecule has 0 bridgehead atoms. The molecule has 136 valence electrons. The van der Waals surface area contributed by atoms with Gasteiger partial charge in [-0.15, -0.1) is 0 Å². The number of ether oxygens (including phenoxy) is 3. The standard InChI is InChI=1S/C18H22ClNO5/c1-11(13-5-6-13)20-16(21)10-25-17(22)7-4-12-8-14(19)18(24-3)15(9-12)23-2/h4,7-9,11,13H,5-6,10H2,1-3H3,(H,20,21)/b7-4+/t11-/m0/s1. The third kappa shape index (κ3) is 5.67. The zero-order valence-corrected chi connectivity index (χ0v) is 15.3. The van der Waals surface area contributed by atoms with Gasteiger partial charge in [0.15, 0.2) is 18.1 Å². The van der Waals surface area contributed by atoms with Gasteiger partial charge in [-0.3, -0.25) is 4.79 Å². The van der Waals surface area contributed by atoms with Crippen molar-refractivity contribution in [1.82, 2.24) is 5.32 Å². The molecule has 1 aromatic rings. The van der Waals surface area contributed by atoms with E-state index in [1.807, 2.05) is 6.92 Å². The summed E-state index contributed by atoms with van der Waals surface area (Å²) in [5.41, 5.74) is 0.645. The Kier molecular flexibility index (Phi) is 6.70. The van der Waals surface area contributed by atoms with Crippen LogP contribution in [0.15, 0.2) is 18.2 Å². The highest BCUT2D eigenvalue weighted by Gasteiger charge is 2.28. The Morgan fingerprint density at radius 2 is 2.04 bits per heavy atom. The van der Waals surface area contributed by atoms with Crippen LogP contribution in [0, 0.1) is 5.92 Å². The molecule has 0 heterocycles. The van der Waals surface area contributed by atoms with Gasteiger partial charge in [0.1, 0.15) is 0 Å². The molecule has 1 N–H and O–H groups in total. The van der Waals surface area contributed by atoms with Gasteiger partial charge in [0, 0.05) is 12.1 Å². The van der Waals surface area contributed by atoms with Gasteiger partial charge in [-0.25, -0.2) is 4.79 Å². The molecule has 2 rings (SSSR count). The van der Waals surface area contributed by atoms with Crippen LogP contribution in [0.5, 0.6) is 11.5 Å². The third-order valence-electron chi connectivity index (χ3n) is 3.93. The second kappa shape index (κ2) is 8.76. The van der Waals surface area contributed by atoms with E-state index in [2.05, 4.69) is 5.32 Å². The molecule has 6 nitrogen and oxygen atoms in total. The SMILES string of the molecule is COc1cc(/C=C/C(=O)OCC(=O)N[C@@H](C)C2CC2)cc(Cl)c1OC. The van der Waals surface area contributed by atoms with E-state index in [-0.39, 0.29) is 18.6 Å².